The lowest BCUT2D eigenvalue weighted by atomic mass is 10.0. The number of halogens is 1. The van der Waals surface area contributed by atoms with Crippen molar-refractivity contribution in [2.75, 3.05) is 37.6 Å². The van der Waals surface area contributed by atoms with Crippen LogP contribution in [0.3, 0.4) is 0 Å². The summed E-state index contributed by atoms with van der Waals surface area (Å²) in [5, 5.41) is 14.2. The quantitative estimate of drug-likeness (QED) is 0.714. The van der Waals surface area contributed by atoms with Gasteiger partial charge < -0.3 is 10.0 Å². The van der Waals surface area contributed by atoms with Crippen LogP contribution in [0.15, 0.2) is 41.6 Å². The molecule has 1 heterocycles. The van der Waals surface area contributed by atoms with E-state index in [1.165, 1.54) is 16.8 Å². The molecule has 1 fully saturated rings. The van der Waals surface area contributed by atoms with E-state index in [-0.39, 0.29) is 6.54 Å². The zero-order valence-corrected chi connectivity index (χ0v) is 17.3. The maximum atomic E-state index is 10.7. The van der Waals surface area contributed by atoms with E-state index in [0.717, 1.165) is 37.3 Å². The SMILES string of the molecule is Cc1cccc(C)c1N1CCN(CC(O)Cc2cc(Cl)ccc2CN=O)CC1. The first kappa shape index (κ1) is 20.8. The van der Waals surface area contributed by atoms with Crippen molar-refractivity contribution in [1.29, 1.82) is 0 Å². The van der Waals surface area contributed by atoms with Crippen molar-refractivity contribution in [2.45, 2.75) is 32.9 Å². The summed E-state index contributed by atoms with van der Waals surface area (Å²) in [6.45, 7) is 8.79. The molecule has 2 aromatic carbocycles. The average Bonchev–Trinajstić information content (AvgIpc) is 2.65. The summed E-state index contributed by atoms with van der Waals surface area (Å²) in [7, 11) is 0. The largest absolute Gasteiger partial charge is 0.391 e. The molecule has 3 rings (SSSR count). The summed E-state index contributed by atoms with van der Waals surface area (Å²) in [6.07, 6.45) is -0.0293. The molecule has 0 amide bonds. The molecule has 1 N–H and O–H groups in total. The molecule has 28 heavy (non-hydrogen) atoms. The Labute approximate surface area is 171 Å². The Morgan fingerprint density at radius 2 is 1.75 bits per heavy atom. The molecule has 0 aromatic heterocycles. The van der Waals surface area contributed by atoms with Gasteiger partial charge in [0.15, 0.2) is 0 Å². The number of aliphatic hydroxyl groups is 1. The third-order valence-corrected chi connectivity index (χ3v) is 5.69. The van der Waals surface area contributed by atoms with Crippen LogP contribution < -0.4 is 4.90 Å². The minimum atomic E-state index is -0.504. The van der Waals surface area contributed by atoms with Gasteiger partial charge in [-0.1, -0.05) is 41.0 Å². The third-order valence-electron chi connectivity index (χ3n) is 5.46. The van der Waals surface area contributed by atoms with Gasteiger partial charge >= 0.3 is 0 Å². The van der Waals surface area contributed by atoms with Crippen LogP contribution in [0, 0.1) is 18.8 Å². The number of anilines is 1. The van der Waals surface area contributed by atoms with Gasteiger partial charge in [-0.05, 0) is 54.7 Å². The number of nitrogens with zero attached hydrogens (tertiary/aromatic N) is 3. The molecule has 1 saturated heterocycles. The zero-order valence-electron chi connectivity index (χ0n) is 16.6. The Hall–Kier alpha value is -1.95. The number of hydrogen-bond acceptors (Lipinski definition) is 5. The zero-order chi connectivity index (χ0) is 20.1. The number of benzene rings is 2. The first-order chi connectivity index (χ1) is 13.5. The highest BCUT2D eigenvalue weighted by molar-refractivity contribution is 6.30. The summed E-state index contributed by atoms with van der Waals surface area (Å²) in [5.41, 5.74) is 5.69. The highest BCUT2D eigenvalue weighted by atomic mass is 35.5. The lowest BCUT2D eigenvalue weighted by molar-refractivity contribution is 0.109. The molecular formula is C22H28ClN3O2. The molecule has 5 nitrogen and oxygen atoms in total. The van der Waals surface area contributed by atoms with E-state index in [0.29, 0.717) is 18.0 Å². The van der Waals surface area contributed by atoms with Gasteiger partial charge in [-0.3, -0.25) is 4.90 Å². The van der Waals surface area contributed by atoms with Gasteiger partial charge in [-0.2, -0.15) is 4.91 Å². The molecule has 0 aliphatic carbocycles. The van der Waals surface area contributed by atoms with Gasteiger partial charge in [0.25, 0.3) is 0 Å². The molecule has 0 bridgehead atoms. The second kappa shape index (κ2) is 9.50. The minimum absolute atomic E-state index is 0.105. The first-order valence-corrected chi connectivity index (χ1v) is 10.1. The summed E-state index contributed by atoms with van der Waals surface area (Å²) < 4.78 is 0. The van der Waals surface area contributed by atoms with Gasteiger partial charge in [0, 0.05) is 43.4 Å². The van der Waals surface area contributed by atoms with E-state index in [2.05, 4.69) is 47.0 Å². The number of hydrogen-bond donors (Lipinski definition) is 1. The van der Waals surface area contributed by atoms with Crippen molar-refractivity contribution < 1.29 is 5.11 Å². The monoisotopic (exact) mass is 401 g/mol. The van der Waals surface area contributed by atoms with Crippen LogP contribution in [0.4, 0.5) is 5.69 Å². The number of para-hydroxylation sites is 1. The maximum absolute atomic E-state index is 10.7. The van der Waals surface area contributed by atoms with Crippen molar-refractivity contribution in [3.05, 3.63) is 68.6 Å². The predicted molar refractivity (Wildman–Crippen MR) is 115 cm³/mol. The lowest BCUT2D eigenvalue weighted by Gasteiger charge is -2.38. The summed E-state index contributed by atoms with van der Waals surface area (Å²) >= 11 is 6.09. The van der Waals surface area contributed by atoms with E-state index in [1.54, 1.807) is 6.07 Å². The van der Waals surface area contributed by atoms with Gasteiger partial charge in [-0.15, -0.1) is 0 Å². The number of rotatable bonds is 7. The first-order valence-electron chi connectivity index (χ1n) is 9.76. The Morgan fingerprint density at radius 3 is 2.39 bits per heavy atom. The van der Waals surface area contributed by atoms with Crippen LogP contribution in [0.1, 0.15) is 22.3 Å². The smallest absolute Gasteiger partial charge is 0.106 e. The molecule has 1 aliphatic heterocycles. The molecular weight excluding hydrogens is 374 g/mol. The molecule has 1 unspecified atom stereocenters. The number of piperazine rings is 1. The average molecular weight is 402 g/mol. The summed E-state index contributed by atoms with van der Waals surface area (Å²) in [5.74, 6) is 0. The van der Waals surface area contributed by atoms with E-state index >= 15 is 0 Å². The number of nitroso groups, excluding NO2 is 1. The molecule has 0 spiro atoms. The highest BCUT2D eigenvalue weighted by Gasteiger charge is 2.22. The number of aryl methyl sites for hydroxylation is 2. The fraction of sp³-hybridized carbons (Fsp3) is 0.455. The normalized spacial score (nSPS) is 16.2. The number of β-amino-alcohol motifs (C(OH)–C–C–N with tert-alkyl or cyclic N) is 1. The standard InChI is InChI=1S/C22H28ClN3O2/c1-16-4-3-5-17(2)22(16)26-10-8-25(9-11-26)15-21(27)13-19-12-20(23)7-6-18(19)14-24-28/h3-7,12,21,27H,8-11,13-15H2,1-2H3. The fourth-order valence-corrected chi connectivity index (χ4v) is 4.28. The van der Waals surface area contributed by atoms with Gasteiger partial charge in [-0.25, -0.2) is 0 Å². The van der Waals surface area contributed by atoms with Gasteiger partial charge in [0.2, 0.25) is 0 Å². The lowest BCUT2D eigenvalue weighted by Crippen LogP contribution is -2.49. The van der Waals surface area contributed by atoms with Crippen molar-refractivity contribution in [3.63, 3.8) is 0 Å². The Balaban J connectivity index is 1.56. The molecule has 6 heteroatoms. The molecule has 0 saturated carbocycles. The topological polar surface area (TPSA) is 56.1 Å². The van der Waals surface area contributed by atoms with E-state index in [1.807, 2.05) is 12.1 Å². The van der Waals surface area contributed by atoms with Crippen molar-refractivity contribution in [2.24, 2.45) is 5.18 Å². The Kier molecular flexibility index (Phi) is 7.05. The summed E-state index contributed by atoms with van der Waals surface area (Å²) in [4.78, 5) is 15.4. The van der Waals surface area contributed by atoms with E-state index in [4.69, 9.17) is 11.6 Å². The number of aliphatic hydroxyl groups excluding tert-OH is 1. The van der Waals surface area contributed by atoms with Gasteiger partial charge in [0.1, 0.15) is 6.54 Å². The maximum Gasteiger partial charge on any atom is 0.106 e. The second-order valence-corrected chi connectivity index (χ2v) is 8.02. The van der Waals surface area contributed by atoms with Crippen molar-refractivity contribution in [3.8, 4) is 0 Å². The molecule has 1 atom stereocenters. The third kappa shape index (κ3) is 5.10. The van der Waals surface area contributed by atoms with Crippen molar-refractivity contribution in [1.82, 2.24) is 4.90 Å². The van der Waals surface area contributed by atoms with Crippen LogP contribution in [0.25, 0.3) is 0 Å². The summed E-state index contributed by atoms with van der Waals surface area (Å²) in [6, 6.07) is 11.8. The molecule has 0 radical (unpaired) electrons. The fourth-order valence-electron chi connectivity index (χ4n) is 4.08. The second-order valence-electron chi connectivity index (χ2n) is 7.59. The van der Waals surface area contributed by atoms with Crippen LogP contribution in [0.2, 0.25) is 5.02 Å². The molecule has 1 aliphatic rings. The van der Waals surface area contributed by atoms with Crippen LogP contribution in [0.5, 0.6) is 0 Å². The van der Waals surface area contributed by atoms with E-state index in [9.17, 15) is 10.0 Å². The molecule has 2 aromatic rings. The molecule has 150 valence electrons. The minimum Gasteiger partial charge on any atom is -0.391 e. The Morgan fingerprint density at radius 1 is 1.07 bits per heavy atom. The highest BCUT2D eigenvalue weighted by Crippen LogP contribution is 2.26. The van der Waals surface area contributed by atoms with E-state index < -0.39 is 6.10 Å². The van der Waals surface area contributed by atoms with Gasteiger partial charge in [0.05, 0.1) is 6.10 Å². The Bertz CT molecular complexity index is 799. The predicted octanol–water partition coefficient (Wildman–Crippen LogP) is 3.95. The van der Waals surface area contributed by atoms with Crippen LogP contribution in [-0.4, -0.2) is 48.8 Å². The van der Waals surface area contributed by atoms with Crippen LogP contribution >= 0.6 is 11.6 Å². The van der Waals surface area contributed by atoms with Crippen LogP contribution in [-0.2, 0) is 13.0 Å². The van der Waals surface area contributed by atoms with Crippen molar-refractivity contribution >= 4 is 17.3 Å².